The van der Waals surface area contributed by atoms with E-state index < -0.39 is 6.61 Å². The molecule has 3 N–H and O–H groups in total. The van der Waals surface area contributed by atoms with Crippen molar-refractivity contribution in [1.29, 1.82) is 0 Å². The summed E-state index contributed by atoms with van der Waals surface area (Å²) in [5.41, 5.74) is 2.46. The van der Waals surface area contributed by atoms with Gasteiger partial charge in [-0.05, 0) is 24.6 Å². The van der Waals surface area contributed by atoms with Crippen LogP contribution in [0.15, 0.2) is 53.8 Å². The predicted octanol–water partition coefficient (Wildman–Crippen LogP) is 3.34. The summed E-state index contributed by atoms with van der Waals surface area (Å²) in [5, 5.41) is 13.0. The minimum atomic E-state index is -2.95. The largest absolute Gasteiger partial charge is 0.490 e. The van der Waals surface area contributed by atoms with Crippen LogP contribution in [0.4, 0.5) is 8.78 Å². The van der Waals surface area contributed by atoms with Gasteiger partial charge in [0, 0.05) is 31.3 Å². The Morgan fingerprint density at radius 1 is 1.16 bits per heavy atom. The molecule has 31 heavy (non-hydrogen) atoms. The third-order valence-electron chi connectivity index (χ3n) is 4.31. The van der Waals surface area contributed by atoms with Crippen molar-refractivity contribution in [3.8, 4) is 22.9 Å². The van der Waals surface area contributed by atoms with E-state index in [1.165, 1.54) is 6.33 Å². The zero-order valence-corrected chi connectivity index (χ0v) is 17.2. The summed E-state index contributed by atoms with van der Waals surface area (Å²) in [6, 6.07) is 12.8. The quantitative estimate of drug-likeness (QED) is 0.356. The van der Waals surface area contributed by atoms with Crippen LogP contribution in [0, 0.1) is 0 Å². The average Bonchev–Trinajstić information content (AvgIpc) is 3.31. The van der Waals surface area contributed by atoms with Gasteiger partial charge in [0.05, 0.1) is 6.61 Å². The molecular formula is C21H24F2N6O2. The summed E-state index contributed by atoms with van der Waals surface area (Å²) in [7, 11) is 1.63. The molecule has 0 saturated heterocycles. The van der Waals surface area contributed by atoms with E-state index in [-0.39, 0.29) is 18.0 Å². The Labute approximate surface area is 178 Å². The van der Waals surface area contributed by atoms with Gasteiger partial charge in [0.15, 0.2) is 23.3 Å². The molecular weight excluding hydrogens is 406 g/mol. The predicted molar refractivity (Wildman–Crippen MR) is 113 cm³/mol. The lowest BCUT2D eigenvalue weighted by Crippen LogP contribution is -2.36. The Hall–Kier alpha value is -3.69. The minimum Gasteiger partial charge on any atom is -0.490 e. The molecule has 0 unspecified atom stereocenters. The van der Waals surface area contributed by atoms with Crippen LogP contribution in [0.5, 0.6) is 11.5 Å². The van der Waals surface area contributed by atoms with E-state index in [9.17, 15) is 8.78 Å². The second-order valence-corrected chi connectivity index (χ2v) is 6.37. The van der Waals surface area contributed by atoms with Gasteiger partial charge in [-0.15, -0.1) is 0 Å². The van der Waals surface area contributed by atoms with Crippen molar-refractivity contribution >= 4 is 5.96 Å². The normalized spacial score (nSPS) is 11.5. The molecule has 0 bridgehead atoms. The van der Waals surface area contributed by atoms with Crippen LogP contribution in [-0.2, 0) is 13.1 Å². The molecule has 0 spiro atoms. The van der Waals surface area contributed by atoms with Crippen LogP contribution in [-0.4, -0.2) is 41.4 Å². The number of H-pyrrole nitrogens is 1. The number of hydrogen-bond acceptors (Lipinski definition) is 5. The Morgan fingerprint density at radius 2 is 1.97 bits per heavy atom. The number of rotatable bonds is 9. The summed E-state index contributed by atoms with van der Waals surface area (Å²) in [6.45, 7) is -0.107. The van der Waals surface area contributed by atoms with Crippen LogP contribution in [0.1, 0.15) is 18.1 Å². The fourth-order valence-corrected chi connectivity index (χ4v) is 2.95. The molecule has 0 atom stereocenters. The van der Waals surface area contributed by atoms with Crippen LogP contribution in [0.3, 0.4) is 0 Å². The summed E-state index contributed by atoms with van der Waals surface area (Å²) in [6.07, 6.45) is 1.46. The first-order chi connectivity index (χ1) is 15.1. The van der Waals surface area contributed by atoms with E-state index in [2.05, 4.69) is 30.8 Å². The molecule has 1 aromatic heterocycles. The summed E-state index contributed by atoms with van der Waals surface area (Å²) >= 11 is 0. The van der Waals surface area contributed by atoms with E-state index in [0.29, 0.717) is 30.5 Å². The van der Waals surface area contributed by atoms with Gasteiger partial charge >= 0.3 is 6.61 Å². The lowest BCUT2D eigenvalue weighted by molar-refractivity contribution is -0.0520. The van der Waals surface area contributed by atoms with Crippen molar-refractivity contribution in [3.63, 3.8) is 0 Å². The highest BCUT2D eigenvalue weighted by molar-refractivity contribution is 5.79. The summed E-state index contributed by atoms with van der Waals surface area (Å²) in [5.74, 6) is 1.48. The highest BCUT2D eigenvalue weighted by Gasteiger charge is 2.16. The number of aromatic amines is 1. The monoisotopic (exact) mass is 430 g/mol. The number of hydrogen-bond donors (Lipinski definition) is 3. The van der Waals surface area contributed by atoms with Gasteiger partial charge in [0.25, 0.3) is 0 Å². The first-order valence-corrected chi connectivity index (χ1v) is 9.69. The van der Waals surface area contributed by atoms with Crippen LogP contribution >= 0.6 is 0 Å². The van der Waals surface area contributed by atoms with Crippen molar-refractivity contribution in [2.75, 3.05) is 13.7 Å². The van der Waals surface area contributed by atoms with Gasteiger partial charge in [-0.25, -0.2) is 4.98 Å². The van der Waals surface area contributed by atoms with Gasteiger partial charge in [-0.2, -0.15) is 13.9 Å². The second kappa shape index (κ2) is 10.9. The smallest absolute Gasteiger partial charge is 0.387 e. The third kappa shape index (κ3) is 6.14. The summed E-state index contributed by atoms with van der Waals surface area (Å²) < 4.78 is 35.9. The SMILES string of the molecule is CCOc1cccc(CNC(=NC)NCc2cccc(-c3ncn[nH]3)c2)c1OC(F)F. The maximum atomic E-state index is 12.9. The number of aromatic nitrogens is 3. The van der Waals surface area contributed by atoms with Gasteiger partial charge in [0.2, 0.25) is 0 Å². The Morgan fingerprint density at radius 3 is 2.68 bits per heavy atom. The number of alkyl halides is 2. The fourth-order valence-electron chi connectivity index (χ4n) is 2.95. The zero-order chi connectivity index (χ0) is 22.1. The standard InChI is InChI=1S/C21H24F2N6O2/c1-3-30-17-9-5-8-16(18(17)31-20(22)23)12-26-21(24-2)25-11-14-6-4-7-15(10-14)19-27-13-28-29-19/h4-10,13,20H,3,11-12H2,1-2H3,(H2,24,25,26)(H,27,28,29). The van der Waals surface area contributed by atoms with Gasteiger partial charge in [-0.3, -0.25) is 10.1 Å². The third-order valence-corrected chi connectivity index (χ3v) is 4.31. The van der Waals surface area contributed by atoms with Crippen molar-refractivity contribution in [3.05, 3.63) is 59.9 Å². The van der Waals surface area contributed by atoms with Crippen LogP contribution in [0.2, 0.25) is 0 Å². The minimum absolute atomic E-state index is 0.0158. The number of guanidine groups is 1. The van der Waals surface area contributed by atoms with E-state index in [4.69, 9.17) is 9.47 Å². The number of nitrogens with zero attached hydrogens (tertiary/aromatic N) is 3. The van der Waals surface area contributed by atoms with E-state index >= 15 is 0 Å². The number of benzene rings is 2. The van der Waals surface area contributed by atoms with E-state index in [0.717, 1.165) is 11.1 Å². The maximum absolute atomic E-state index is 12.9. The van der Waals surface area contributed by atoms with Gasteiger partial charge in [-0.1, -0.05) is 30.3 Å². The van der Waals surface area contributed by atoms with Crippen molar-refractivity contribution in [1.82, 2.24) is 25.8 Å². The zero-order valence-electron chi connectivity index (χ0n) is 17.2. The number of para-hydroxylation sites is 1. The number of nitrogens with one attached hydrogen (secondary N) is 3. The maximum Gasteiger partial charge on any atom is 0.387 e. The highest BCUT2D eigenvalue weighted by atomic mass is 19.3. The Kier molecular flexibility index (Phi) is 7.74. The molecule has 0 aliphatic carbocycles. The molecule has 3 rings (SSSR count). The molecule has 0 amide bonds. The topological polar surface area (TPSA) is 96.5 Å². The van der Waals surface area contributed by atoms with E-state index in [1.54, 1.807) is 32.2 Å². The first-order valence-electron chi connectivity index (χ1n) is 9.69. The van der Waals surface area contributed by atoms with E-state index in [1.807, 2.05) is 24.3 Å². The van der Waals surface area contributed by atoms with Gasteiger partial charge < -0.3 is 20.1 Å². The molecule has 2 aromatic carbocycles. The number of halogens is 2. The molecule has 0 aliphatic heterocycles. The molecule has 0 saturated carbocycles. The highest BCUT2D eigenvalue weighted by Crippen LogP contribution is 2.32. The molecule has 0 fully saturated rings. The van der Waals surface area contributed by atoms with Crippen molar-refractivity contribution < 1.29 is 18.3 Å². The first kappa shape index (κ1) is 22.0. The lowest BCUT2D eigenvalue weighted by Gasteiger charge is -2.17. The number of aliphatic imine (C=N–C) groups is 1. The molecule has 164 valence electrons. The molecule has 8 nitrogen and oxygen atoms in total. The van der Waals surface area contributed by atoms with Crippen LogP contribution in [0.25, 0.3) is 11.4 Å². The average molecular weight is 430 g/mol. The molecule has 0 aliphatic rings. The second-order valence-electron chi connectivity index (χ2n) is 6.37. The molecule has 10 heteroatoms. The Balaban J connectivity index is 1.64. The number of ether oxygens (including phenoxy) is 2. The van der Waals surface area contributed by atoms with Crippen molar-refractivity contribution in [2.24, 2.45) is 4.99 Å². The molecule has 3 aromatic rings. The Bertz CT molecular complexity index is 995. The van der Waals surface area contributed by atoms with Gasteiger partial charge in [0.1, 0.15) is 6.33 Å². The van der Waals surface area contributed by atoms with Crippen LogP contribution < -0.4 is 20.1 Å². The lowest BCUT2D eigenvalue weighted by atomic mass is 10.1. The van der Waals surface area contributed by atoms with Crippen molar-refractivity contribution in [2.45, 2.75) is 26.6 Å². The fraction of sp³-hybridized carbons (Fsp3) is 0.286. The molecule has 1 heterocycles. The summed E-state index contributed by atoms with van der Waals surface area (Å²) in [4.78, 5) is 8.34. The molecule has 0 radical (unpaired) electrons.